The fourth-order valence-electron chi connectivity index (χ4n) is 2.03. The number of benzene rings is 1. The fourth-order valence-corrected chi connectivity index (χ4v) is 2.16. The van der Waals surface area contributed by atoms with Crippen LogP contribution in [-0.4, -0.2) is 29.5 Å². The molecule has 1 aromatic carbocycles. The molecule has 0 saturated carbocycles. The van der Waals surface area contributed by atoms with Crippen LogP contribution < -0.4 is 16.4 Å². The van der Waals surface area contributed by atoms with E-state index in [0.29, 0.717) is 30.1 Å². The molecule has 1 fully saturated rings. The molecule has 7 heteroatoms. The summed E-state index contributed by atoms with van der Waals surface area (Å²) in [5, 5.41) is 23.8. The van der Waals surface area contributed by atoms with Gasteiger partial charge in [-0.2, -0.15) is 0 Å². The van der Waals surface area contributed by atoms with Gasteiger partial charge in [0.15, 0.2) is 0 Å². The molecule has 0 aromatic heterocycles. The molecule has 0 bridgehead atoms. The van der Waals surface area contributed by atoms with Gasteiger partial charge in [-0.25, -0.2) is 0 Å². The molecule has 1 unspecified atom stereocenters. The van der Waals surface area contributed by atoms with E-state index in [4.69, 9.17) is 22.7 Å². The molecule has 0 spiro atoms. The van der Waals surface area contributed by atoms with Crippen LogP contribution in [0, 0.1) is 5.41 Å². The number of aliphatic hydroxyl groups excluding tert-OH is 1. The lowest BCUT2D eigenvalue weighted by molar-refractivity contribution is -0.115. The Labute approximate surface area is 127 Å². The summed E-state index contributed by atoms with van der Waals surface area (Å²) < 4.78 is 0. The fraction of sp³-hybridized carbons (Fsp3) is 0.286. The van der Waals surface area contributed by atoms with Crippen molar-refractivity contribution in [2.75, 3.05) is 6.54 Å². The van der Waals surface area contributed by atoms with Crippen molar-refractivity contribution in [1.82, 2.24) is 10.6 Å². The van der Waals surface area contributed by atoms with Gasteiger partial charge in [0, 0.05) is 23.7 Å². The number of aliphatic hydroxyl groups is 1. The first-order valence-corrected chi connectivity index (χ1v) is 6.88. The lowest BCUT2D eigenvalue weighted by atomic mass is 9.99. The number of carbonyl (C=O) groups is 1. The van der Waals surface area contributed by atoms with Crippen LogP contribution in [0.1, 0.15) is 12.0 Å². The molecule has 2 rings (SSSR count). The van der Waals surface area contributed by atoms with Crippen LogP contribution >= 0.6 is 11.6 Å². The topological polar surface area (TPSA) is 111 Å². The number of rotatable bonds is 4. The SMILES string of the molecule is N=C1C(=O)NCCC1=C(N)C(O)NCc1ccc(Cl)cc1. The van der Waals surface area contributed by atoms with Gasteiger partial charge in [0.05, 0.1) is 5.70 Å². The average molecular weight is 309 g/mol. The van der Waals surface area contributed by atoms with Gasteiger partial charge in [-0.3, -0.25) is 15.5 Å². The van der Waals surface area contributed by atoms with Gasteiger partial charge in [-0.05, 0) is 24.1 Å². The van der Waals surface area contributed by atoms with Crippen LogP contribution in [0.5, 0.6) is 0 Å². The van der Waals surface area contributed by atoms with E-state index >= 15 is 0 Å². The van der Waals surface area contributed by atoms with E-state index in [-0.39, 0.29) is 11.4 Å². The van der Waals surface area contributed by atoms with Crippen LogP contribution in [0.2, 0.25) is 5.02 Å². The Morgan fingerprint density at radius 3 is 2.81 bits per heavy atom. The molecule has 6 N–H and O–H groups in total. The van der Waals surface area contributed by atoms with Gasteiger partial charge in [0.2, 0.25) is 0 Å². The summed E-state index contributed by atoms with van der Waals surface area (Å²) in [6.07, 6.45) is -0.669. The molecule has 112 valence electrons. The number of nitrogens with two attached hydrogens (primary N) is 1. The van der Waals surface area contributed by atoms with Crippen molar-refractivity contribution in [3.63, 3.8) is 0 Å². The Kier molecular flexibility index (Phi) is 4.95. The van der Waals surface area contributed by atoms with Crippen molar-refractivity contribution in [1.29, 1.82) is 5.41 Å². The molecular weight excluding hydrogens is 292 g/mol. The number of hydrogen-bond donors (Lipinski definition) is 5. The van der Waals surface area contributed by atoms with Crippen molar-refractivity contribution in [3.8, 4) is 0 Å². The Bertz CT molecular complexity index is 583. The normalized spacial score (nSPS) is 19.1. The smallest absolute Gasteiger partial charge is 0.269 e. The average Bonchev–Trinajstić information content (AvgIpc) is 2.48. The van der Waals surface area contributed by atoms with Crippen molar-refractivity contribution in [2.45, 2.75) is 19.2 Å². The quantitative estimate of drug-likeness (QED) is 0.521. The molecule has 0 aliphatic carbocycles. The van der Waals surface area contributed by atoms with Gasteiger partial charge < -0.3 is 16.2 Å². The zero-order valence-electron chi connectivity index (χ0n) is 11.3. The van der Waals surface area contributed by atoms with Crippen molar-refractivity contribution in [3.05, 3.63) is 46.1 Å². The summed E-state index contributed by atoms with van der Waals surface area (Å²) in [4.78, 5) is 11.4. The van der Waals surface area contributed by atoms with Crippen molar-refractivity contribution < 1.29 is 9.90 Å². The zero-order chi connectivity index (χ0) is 15.4. The van der Waals surface area contributed by atoms with Gasteiger partial charge in [0.25, 0.3) is 5.91 Å². The lowest BCUT2D eigenvalue weighted by Gasteiger charge is -2.21. The van der Waals surface area contributed by atoms with Crippen LogP contribution in [0.3, 0.4) is 0 Å². The number of hydrogen-bond acceptors (Lipinski definition) is 5. The third kappa shape index (κ3) is 3.81. The predicted octanol–water partition coefficient (Wildman–Crippen LogP) is 0.500. The van der Waals surface area contributed by atoms with Crippen LogP contribution in [-0.2, 0) is 11.3 Å². The van der Waals surface area contributed by atoms with Crippen molar-refractivity contribution >= 4 is 23.2 Å². The number of carbonyl (C=O) groups excluding carboxylic acids is 1. The molecule has 1 atom stereocenters. The second-order valence-corrected chi connectivity index (χ2v) is 5.16. The molecule has 1 aliphatic rings. The lowest BCUT2D eigenvalue weighted by Crippen LogP contribution is -2.42. The molecule has 21 heavy (non-hydrogen) atoms. The molecule has 6 nitrogen and oxygen atoms in total. The summed E-state index contributed by atoms with van der Waals surface area (Å²) >= 11 is 5.80. The first-order chi connectivity index (χ1) is 9.99. The minimum Gasteiger partial charge on any atom is -0.399 e. The van der Waals surface area contributed by atoms with E-state index in [1.54, 1.807) is 12.1 Å². The first kappa shape index (κ1) is 15.5. The van der Waals surface area contributed by atoms with E-state index in [0.717, 1.165) is 5.56 Å². The van der Waals surface area contributed by atoms with E-state index in [1.807, 2.05) is 12.1 Å². The van der Waals surface area contributed by atoms with E-state index in [1.165, 1.54) is 0 Å². The van der Waals surface area contributed by atoms with Gasteiger partial charge in [-0.15, -0.1) is 0 Å². The second-order valence-electron chi connectivity index (χ2n) is 4.72. The number of amides is 1. The standard InChI is InChI=1S/C14H17ClN4O2/c15-9-3-1-8(2-4-9)7-19-14(21)12(17)10-5-6-18-13(20)11(10)16/h1-4,14,16,19,21H,5-7,17H2,(H,18,20). The maximum Gasteiger partial charge on any atom is 0.269 e. The first-order valence-electron chi connectivity index (χ1n) is 6.50. The molecule has 1 aliphatic heterocycles. The largest absolute Gasteiger partial charge is 0.399 e. The molecule has 1 saturated heterocycles. The molecular formula is C14H17ClN4O2. The Morgan fingerprint density at radius 1 is 1.48 bits per heavy atom. The van der Waals surface area contributed by atoms with Gasteiger partial charge >= 0.3 is 0 Å². The van der Waals surface area contributed by atoms with E-state index in [9.17, 15) is 9.90 Å². The summed E-state index contributed by atoms with van der Waals surface area (Å²) in [5.41, 5.74) is 7.11. The van der Waals surface area contributed by atoms with E-state index < -0.39 is 12.1 Å². The molecule has 0 radical (unpaired) electrons. The van der Waals surface area contributed by atoms with Crippen LogP contribution in [0.4, 0.5) is 0 Å². The minimum absolute atomic E-state index is 0.115. The number of halogens is 1. The third-order valence-electron chi connectivity index (χ3n) is 3.25. The van der Waals surface area contributed by atoms with Gasteiger partial charge in [0.1, 0.15) is 11.9 Å². The third-order valence-corrected chi connectivity index (χ3v) is 3.50. The van der Waals surface area contributed by atoms with Crippen LogP contribution in [0.25, 0.3) is 0 Å². The second kappa shape index (κ2) is 6.71. The molecule has 1 amide bonds. The minimum atomic E-state index is -1.11. The highest BCUT2D eigenvalue weighted by molar-refractivity contribution is 6.44. The molecule has 1 aromatic rings. The highest BCUT2D eigenvalue weighted by atomic mass is 35.5. The highest BCUT2D eigenvalue weighted by Crippen LogP contribution is 2.13. The number of piperidine rings is 1. The molecule has 1 heterocycles. The van der Waals surface area contributed by atoms with Gasteiger partial charge in [-0.1, -0.05) is 23.7 Å². The summed E-state index contributed by atoms with van der Waals surface area (Å²) in [6, 6.07) is 7.19. The van der Waals surface area contributed by atoms with E-state index in [2.05, 4.69) is 10.6 Å². The maximum absolute atomic E-state index is 11.4. The van der Waals surface area contributed by atoms with Crippen LogP contribution in [0.15, 0.2) is 35.5 Å². The predicted molar refractivity (Wildman–Crippen MR) is 80.9 cm³/mol. The maximum atomic E-state index is 11.4. The Balaban J connectivity index is 2.02. The monoisotopic (exact) mass is 308 g/mol. The Morgan fingerprint density at radius 2 is 2.14 bits per heavy atom. The summed E-state index contributed by atoms with van der Waals surface area (Å²) in [5.74, 6) is -0.468. The summed E-state index contributed by atoms with van der Waals surface area (Å²) in [6.45, 7) is 0.812. The summed E-state index contributed by atoms with van der Waals surface area (Å²) in [7, 11) is 0. The zero-order valence-corrected chi connectivity index (χ0v) is 12.1. The van der Waals surface area contributed by atoms with Crippen molar-refractivity contribution in [2.24, 2.45) is 5.73 Å². The Hall–Kier alpha value is -1.89. The number of nitrogens with one attached hydrogen (secondary N) is 3. The highest BCUT2D eigenvalue weighted by Gasteiger charge is 2.24.